The molecule has 2 aromatic heterocycles. The molecule has 0 bridgehead atoms. The highest BCUT2D eigenvalue weighted by molar-refractivity contribution is 7.18. The second kappa shape index (κ2) is 8.57. The van der Waals surface area contributed by atoms with Gasteiger partial charge in [0.25, 0.3) is 11.5 Å². The van der Waals surface area contributed by atoms with Crippen molar-refractivity contribution < 1.29 is 14.3 Å². The summed E-state index contributed by atoms with van der Waals surface area (Å²) in [5, 5.41) is 1.05. The molecule has 1 aliphatic heterocycles. The topological polar surface area (TPSA) is 81.5 Å². The number of thiazole rings is 1. The first-order chi connectivity index (χ1) is 14.1. The molecule has 0 radical (unpaired) electrons. The van der Waals surface area contributed by atoms with E-state index in [9.17, 15) is 14.4 Å². The van der Waals surface area contributed by atoms with Crippen LogP contribution in [0.25, 0.3) is 10.2 Å². The molecule has 1 amide bonds. The van der Waals surface area contributed by atoms with Crippen LogP contribution in [0.3, 0.4) is 0 Å². The molecule has 150 valence electrons. The highest BCUT2D eigenvalue weighted by Gasteiger charge is 2.27. The molecule has 0 saturated carbocycles. The number of hydrogen-bond acceptors (Lipinski definition) is 6. The standard InChI is InChI=1S/C21H21N3O4S/c25-18-9-3-4-10-24(18)13-20(27)28-14-19(26)23-11-5-6-15(12-23)21-22-16-7-1-2-8-17(16)29-21/h1-4,7-10,15H,5-6,11-14H2/t15-/m0/s1. The van der Waals surface area contributed by atoms with Gasteiger partial charge in [-0.15, -0.1) is 11.3 Å². The van der Waals surface area contributed by atoms with Gasteiger partial charge in [-0.05, 0) is 31.0 Å². The molecule has 1 aliphatic rings. The minimum absolute atomic E-state index is 0.198. The Morgan fingerprint density at radius 2 is 2.00 bits per heavy atom. The smallest absolute Gasteiger partial charge is 0.326 e. The number of carbonyl (C=O) groups excluding carboxylic acids is 2. The first-order valence-corrected chi connectivity index (χ1v) is 10.4. The predicted molar refractivity (Wildman–Crippen MR) is 110 cm³/mol. The Labute approximate surface area is 171 Å². The lowest BCUT2D eigenvalue weighted by molar-refractivity contribution is -0.153. The molecule has 7 nitrogen and oxygen atoms in total. The maximum Gasteiger partial charge on any atom is 0.326 e. The number of rotatable bonds is 5. The van der Waals surface area contributed by atoms with Crippen LogP contribution < -0.4 is 5.56 Å². The second-order valence-electron chi connectivity index (χ2n) is 7.03. The average molecular weight is 411 g/mol. The fourth-order valence-corrected chi connectivity index (χ4v) is 4.57. The number of esters is 1. The molecule has 1 fully saturated rings. The van der Waals surface area contributed by atoms with Gasteiger partial charge in [0, 0.05) is 31.3 Å². The number of likely N-dealkylation sites (tertiary alicyclic amines) is 1. The summed E-state index contributed by atoms with van der Waals surface area (Å²) < 4.78 is 7.50. The van der Waals surface area contributed by atoms with Crippen LogP contribution in [0.5, 0.6) is 0 Å². The molecule has 0 unspecified atom stereocenters. The van der Waals surface area contributed by atoms with E-state index in [4.69, 9.17) is 9.72 Å². The summed E-state index contributed by atoms with van der Waals surface area (Å²) in [5.74, 6) is -0.625. The quantitative estimate of drug-likeness (QED) is 0.602. The monoisotopic (exact) mass is 411 g/mol. The summed E-state index contributed by atoms with van der Waals surface area (Å²) in [6.07, 6.45) is 3.39. The Bertz CT molecular complexity index is 1060. The number of para-hydroxylation sites is 1. The molecular formula is C21H21N3O4S. The Kier molecular flexibility index (Phi) is 5.71. The Hall–Kier alpha value is -3.00. The summed E-state index contributed by atoms with van der Waals surface area (Å²) >= 11 is 1.67. The predicted octanol–water partition coefficient (Wildman–Crippen LogP) is 2.41. The van der Waals surface area contributed by atoms with Gasteiger partial charge in [0.05, 0.1) is 15.2 Å². The number of ether oxygens (including phenoxy) is 1. The van der Waals surface area contributed by atoms with E-state index in [-0.39, 0.29) is 30.5 Å². The molecule has 0 aliphatic carbocycles. The van der Waals surface area contributed by atoms with E-state index in [1.165, 1.54) is 16.8 Å². The third kappa shape index (κ3) is 4.54. The van der Waals surface area contributed by atoms with Crippen molar-refractivity contribution in [3.05, 3.63) is 64.0 Å². The lowest BCUT2D eigenvalue weighted by Gasteiger charge is -2.31. The van der Waals surface area contributed by atoms with Gasteiger partial charge in [0.15, 0.2) is 6.61 Å². The van der Waals surface area contributed by atoms with Crippen molar-refractivity contribution in [1.82, 2.24) is 14.5 Å². The zero-order valence-corrected chi connectivity index (χ0v) is 16.6. The third-order valence-electron chi connectivity index (χ3n) is 4.99. The number of amides is 1. The lowest BCUT2D eigenvalue weighted by Crippen LogP contribution is -2.41. The van der Waals surface area contributed by atoms with Gasteiger partial charge in [-0.25, -0.2) is 4.98 Å². The van der Waals surface area contributed by atoms with Gasteiger partial charge in [-0.2, -0.15) is 0 Å². The average Bonchev–Trinajstić information content (AvgIpc) is 3.18. The zero-order valence-electron chi connectivity index (χ0n) is 15.8. The molecule has 3 heterocycles. The summed E-state index contributed by atoms with van der Waals surface area (Å²) in [6.45, 7) is 0.707. The highest BCUT2D eigenvalue weighted by atomic mass is 32.1. The second-order valence-corrected chi connectivity index (χ2v) is 8.09. The summed E-state index contributed by atoms with van der Waals surface area (Å²) in [5.41, 5.74) is 0.700. The van der Waals surface area contributed by atoms with Crippen LogP contribution in [0.15, 0.2) is 53.5 Å². The summed E-state index contributed by atoms with van der Waals surface area (Å²) in [7, 11) is 0. The number of hydrogen-bond donors (Lipinski definition) is 0. The molecule has 0 N–H and O–H groups in total. The molecule has 8 heteroatoms. The van der Waals surface area contributed by atoms with E-state index < -0.39 is 5.97 Å². The minimum Gasteiger partial charge on any atom is -0.454 e. The Morgan fingerprint density at radius 3 is 2.83 bits per heavy atom. The molecule has 1 aromatic carbocycles. The summed E-state index contributed by atoms with van der Waals surface area (Å²) in [6, 6.07) is 12.7. The maximum absolute atomic E-state index is 12.5. The number of benzene rings is 1. The zero-order chi connectivity index (χ0) is 20.2. The first-order valence-electron chi connectivity index (χ1n) is 9.54. The van der Waals surface area contributed by atoms with Gasteiger partial charge >= 0.3 is 5.97 Å². The number of piperidine rings is 1. The minimum atomic E-state index is -0.605. The van der Waals surface area contributed by atoms with Gasteiger partial charge in [0.2, 0.25) is 0 Å². The van der Waals surface area contributed by atoms with Gasteiger partial charge in [0.1, 0.15) is 6.54 Å². The van der Waals surface area contributed by atoms with E-state index in [2.05, 4.69) is 6.07 Å². The van der Waals surface area contributed by atoms with Crippen LogP contribution >= 0.6 is 11.3 Å². The lowest BCUT2D eigenvalue weighted by atomic mass is 9.99. The third-order valence-corrected chi connectivity index (χ3v) is 6.19. The molecule has 4 rings (SSSR count). The number of carbonyl (C=O) groups is 2. The fourth-order valence-electron chi connectivity index (χ4n) is 3.48. The van der Waals surface area contributed by atoms with Crippen molar-refractivity contribution in [2.45, 2.75) is 25.3 Å². The van der Waals surface area contributed by atoms with Crippen molar-refractivity contribution in [3.63, 3.8) is 0 Å². The van der Waals surface area contributed by atoms with Crippen molar-refractivity contribution >= 4 is 33.4 Å². The largest absolute Gasteiger partial charge is 0.454 e. The van der Waals surface area contributed by atoms with Crippen molar-refractivity contribution in [2.75, 3.05) is 19.7 Å². The maximum atomic E-state index is 12.5. The number of pyridine rings is 1. The van der Waals surface area contributed by atoms with E-state index in [1.54, 1.807) is 28.4 Å². The highest BCUT2D eigenvalue weighted by Crippen LogP contribution is 2.32. The Morgan fingerprint density at radius 1 is 1.17 bits per heavy atom. The van der Waals surface area contributed by atoms with Crippen LogP contribution in [0, 0.1) is 0 Å². The SMILES string of the molecule is O=C(Cn1ccccc1=O)OCC(=O)N1CCC[C@H](c2nc3ccccc3s2)C1. The van der Waals surface area contributed by atoms with Gasteiger partial charge in [-0.1, -0.05) is 18.2 Å². The van der Waals surface area contributed by atoms with Crippen LogP contribution in [0.4, 0.5) is 0 Å². The van der Waals surface area contributed by atoms with Crippen molar-refractivity contribution in [1.29, 1.82) is 0 Å². The van der Waals surface area contributed by atoms with Crippen molar-refractivity contribution in [2.24, 2.45) is 0 Å². The molecule has 0 spiro atoms. The first kappa shape index (κ1) is 19.3. The fraction of sp³-hybridized carbons (Fsp3) is 0.333. The molecule has 3 aromatic rings. The summed E-state index contributed by atoms with van der Waals surface area (Å²) in [4.78, 5) is 42.6. The molecule has 1 saturated heterocycles. The van der Waals surface area contributed by atoms with Crippen LogP contribution in [-0.2, 0) is 20.9 Å². The van der Waals surface area contributed by atoms with E-state index >= 15 is 0 Å². The van der Waals surface area contributed by atoms with Crippen LogP contribution in [0.2, 0.25) is 0 Å². The van der Waals surface area contributed by atoms with E-state index in [1.807, 2.05) is 18.2 Å². The number of fused-ring (bicyclic) bond motifs is 1. The van der Waals surface area contributed by atoms with Gasteiger partial charge < -0.3 is 14.2 Å². The molecular weight excluding hydrogens is 390 g/mol. The van der Waals surface area contributed by atoms with Gasteiger partial charge in [-0.3, -0.25) is 14.4 Å². The number of nitrogens with zero attached hydrogens (tertiary/aromatic N) is 3. The van der Waals surface area contributed by atoms with Crippen LogP contribution in [0.1, 0.15) is 23.8 Å². The van der Waals surface area contributed by atoms with Crippen molar-refractivity contribution in [3.8, 4) is 0 Å². The Balaban J connectivity index is 1.33. The normalized spacial score (nSPS) is 16.7. The molecule has 1 atom stereocenters. The molecule has 29 heavy (non-hydrogen) atoms. The van der Waals surface area contributed by atoms with E-state index in [0.717, 1.165) is 28.1 Å². The number of aromatic nitrogens is 2. The van der Waals surface area contributed by atoms with E-state index in [0.29, 0.717) is 13.1 Å². The van der Waals surface area contributed by atoms with Crippen LogP contribution in [-0.4, -0.2) is 46.0 Å².